The van der Waals surface area contributed by atoms with Gasteiger partial charge in [0.25, 0.3) is 10.2 Å². The van der Waals surface area contributed by atoms with Crippen LogP contribution in [0.3, 0.4) is 0 Å². The van der Waals surface area contributed by atoms with Crippen molar-refractivity contribution in [1.29, 1.82) is 0 Å². The fourth-order valence-corrected chi connectivity index (χ4v) is 5.52. The first-order valence-corrected chi connectivity index (χ1v) is 9.20. The first-order valence-electron chi connectivity index (χ1n) is 7.80. The van der Waals surface area contributed by atoms with E-state index in [-0.39, 0.29) is 0 Å². The molecule has 0 aromatic rings. The molecule has 0 saturated carbocycles. The fourth-order valence-electron chi connectivity index (χ4n) is 3.76. The monoisotopic (exact) mass is 302 g/mol. The average molecular weight is 302 g/mol. The van der Waals surface area contributed by atoms with Crippen molar-refractivity contribution in [3.8, 4) is 0 Å². The summed E-state index contributed by atoms with van der Waals surface area (Å²) in [7, 11) is -3.28. The molecule has 0 aliphatic carbocycles. The number of nitrogens with zero attached hydrogens (tertiary/aromatic N) is 3. The van der Waals surface area contributed by atoms with Crippen LogP contribution in [-0.4, -0.2) is 73.8 Å². The second-order valence-electron chi connectivity index (χ2n) is 6.30. The molecule has 0 amide bonds. The highest BCUT2D eigenvalue weighted by Crippen LogP contribution is 2.26. The van der Waals surface area contributed by atoms with Crippen LogP contribution in [0.4, 0.5) is 0 Å². The number of piperazine rings is 1. The van der Waals surface area contributed by atoms with Gasteiger partial charge < -0.3 is 5.73 Å². The quantitative estimate of drug-likeness (QED) is 0.776. The topological polar surface area (TPSA) is 69.9 Å². The number of fused-ring (bicyclic) bond motifs is 1. The summed E-state index contributed by atoms with van der Waals surface area (Å²) in [5.41, 5.74) is 5.72. The summed E-state index contributed by atoms with van der Waals surface area (Å²) in [5.74, 6) is 0.325. The van der Waals surface area contributed by atoms with Gasteiger partial charge in [-0.3, -0.25) is 4.90 Å². The Morgan fingerprint density at radius 2 is 1.70 bits per heavy atom. The molecule has 7 heteroatoms. The lowest BCUT2D eigenvalue weighted by atomic mass is 10.0. The van der Waals surface area contributed by atoms with Gasteiger partial charge in [0.2, 0.25) is 0 Å². The molecular formula is C13H26N4O2S. The van der Waals surface area contributed by atoms with Gasteiger partial charge in [-0.25, -0.2) is 0 Å². The van der Waals surface area contributed by atoms with Crippen molar-refractivity contribution in [2.45, 2.75) is 31.7 Å². The van der Waals surface area contributed by atoms with E-state index in [4.69, 9.17) is 5.73 Å². The Kier molecular flexibility index (Phi) is 4.33. The first kappa shape index (κ1) is 14.7. The number of hydrogen-bond acceptors (Lipinski definition) is 4. The smallest absolute Gasteiger partial charge is 0.282 e. The fraction of sp³-hybridized carbons (Fsp3) is 1.00. The van der Waals surface area contributed by atoms with Gasteiger partial charge in [-0.2, -0.15) is 17.0 Å². The SMILES string of the molecule is NCC1CCCN(S(=O)(=O)N2CCN3CCCC3C2)C1. The summed E-state index contributed by atoms with van der Waals surface area (Å²) in [4.78, 5) is 2.44. The largest absolute Gasteiger partial charge is 0.330 e. The summed E-state index contributed by atoms with van der Waals surface area (Å²) in [6.45, 7) is 5.18. The van der Waals surface area contributed by atoms with Gasteiger partial charge in [0.15, 0.2) is 0 Å². The van der Waals surface area contributed by atoms with Crippen LogP contribution >= 0.6 is 0 Å². The van der Waals surface area contributed by atoms with Crippen LogP contribution < -0.4 is 5.73 Å². The van der Waals surface area contributed by atoms with Crippen molar-refractivity contribution in [1.82, 2.24) is 13.5 Å². The number of piperidine rings is 1. The molecule has 2 unspecified atom stereocenters. The molecule has 3 fully saturated rings. The van der Waals surface area contributed by atoms with Crippen molar-refractivity contribution in [2.24, 2.45) is 11.7 Å². The zero-order valence-electron chi connectivity index (χ0n) is 12.1. The Balaban J connectivity index is 1.68. The maximum absolute atomic E-state index is 12.8. The molecule has 0 radical (unpaired) electrons. The lowest BCUT2D eigenvalue weighted by molar-refractivity contribution is 0.148. The first-order chi connectivity index (χ1) is 9.61. The Labute approximate surface area is 122 Å². The van der Waals surface area contributed by atoms with Gasteiger partial charge in [0, 0.05) is 38.8 Å². The van der Waals surface area contributed by atoms with Gasteiger partial charge in [-0.15, -0.1) is 0 Å². The van der Waals surface area contributed by atoms with E-state index in [2.05, 4.69) is 4.90 Å². The molecule has 0 aromatic carbocycles. The van der Waals surface area contributed by atoms with Gasteiger partial charge in [-0.05, 0) is 44.7 Å². The molecule has 20 heavy (non-hydrogen) atoms. The minimum atomic E-state index is -3.28. The molecule has 2 N–H and O–H groups in total. The summed E-state index contributed by atoms with van der Waals surface area (Å²) in [6, 6.07) is 0.439. The second-order valence-corrected chi connectivity index (χ2v) is 8.23. The highest BCUT2D eigenvalue weighted by molar-refractivity contribution is 7.86. The zero-order chi connectivity index (χ0) is 14.2. The van der Waals surface area contributed by atoms with E-state index in [0.29, 0.717) is 44.7 Å². The van der Waals surface area contributed by atoms with E-state index < -0.39 is 10.2 Å². The van der Waals surface area contributed by atoms with Crippen molar-refractivity contribution < 1.29 is 8.42 Å². The van der Waals surface area contributed by atoms with Crippen LogP contribution in [0.15, 0.2) is 0 Å². The zero-order valence-corrected chi connectivity index (χ0v) is 12.9. The Morgan fingerprint density at radius 3 is 2.50 bits per heavy atom. The van der Waals surface area contributed by atoms with Gasteiger partial charge in [0.05, 0.1) is 0 Å². The molecule has 3 heterocycles. The summed E-state index contributed by atoms with van der Waals surface area (Å²) >= 11 is 0. The van der Waals surface area contributed by atoms with E-state index in [9.17, 15) is 8.42 Å². The number of hydrogen-bond donors (Lipinski definition) is 1. The average Bonchev–Trinajstić information content (AvgIpc) is 2.94. The van der Waals surface area contributed by atoms with E-state index in [1.165, 1.54) is 6.42 Å². The minimum absolute atomic E-state index is 0.325. The molecule has 0 spiro atoms. The van der Waals surface area contributed by atoms with E-state index in [0.717, 1.165) is 32.4 Å². The van der Waals surface area contributed by atoms with E-state index >= 15 is 0 Å². The minimum Gasteiger partial charge on any atom is -0.330 e. The van der Waals surface area contributed by atoms with Gasteiger partial charge >= 0.3 is 0 Å². The molecule has 6 nitrogen and oxygen atoms in total. The molecule has 3 aliphatic rings. The molecule has 3 rings (SSSR count). The summed E-state index contributed by atoms with van der Waals surface area (Å²) < 4.78 is 28.9. The van der Waals surface area contributed by atoms with Gasteiger partial charge in [-0.1, -0.05) is 0 Å². The molecule has 3 saturated heterocycles. The highest BCUT2D eigenvalue weighted by atomic mass is 32.2. The summed E-state index contributed by atoms with van der Waals surface area (Å²) in [5, 5.41) is 0. The molecular weight excluding hydrogens is 276 g/mol. The van der Waals surface area contributed by atoms with Crippen LogP contribution in [0.1, 0.15) is 25.7 Å². The molecule has 3 aliphatic heterocycles. The van der Waals surface area contributed by atoms with Crippen molar-refractivity contribution >= 4 is 10.2 Å². The lowest BCUT2D eigenvalue weighted by Crippen LogP contribution is -2.57. The van der Waals surface area contributed by atoms with E-state index in [1.54, 1.807) is 8.61 Å². The highest BCUT2D eigenvalue weighted by Gasteiger charge is 2.39. The van der Waals surface area contributed by atoms with Crippen molar-refractivity contribution in [3.05, 3.63) is 0 Å². The molecule has 0 bridgehead atoms. The van der Waals surface area contributed by atoms with Crippen LogP contribution in [0.25, 0.3) is 0 Å². The number of nitrogens with two attached hydrogens (primary N) is 1. The second kappa shape index (κ2) is 5.88. The molecule has 116 valence electrons. The maximum Gasteiger partial charge on any atom is 0.282 e. The van der Waals surface area contributed by atoms with Crippen LogP contribution in [0.2, 0.25) is 0 Å². The lowest BCUT2D eigenvalue weighted by Gasteiger charge is -2.40. The Morgan fingerprint density at radius 1 is 0.950 bits per heavy atom. The van der Waals surface area contributed by atoms with Crippen LogP contribution in [0, 0.1) is 5.92 Å². The third kappa shape index (κ3) is 2.74. The number of rotatable bonds is 3. The third-order valence-corrected chi connectivity index (χ3v) is 6.99. The predicted molar refractivity (Wildman–Crippen MR) is 78.4 cm³/mol. The molecule has 0 aromatic heterocycles. The summed E-state index contributed by atoms with van der Waals surface area (Å²) in [6.07, 6.45) is 4.33. The predicted octanol–water partition coefficient (Wildman–Crippen LogP) is -0.318. The maximum atomic E-state index is 12.8. The van der Waals surface area contributed by atoms with Crippen molar-refractivity contribution in [2.75, 3.05) is 45.8 Å². The van der Waals surface area contributed by atoms with E-state index in [1.807, 2.05) is 0 Å². The normalized spacial score (nSPS) is 34.2. The third-order valence-electron chi connectivity index (χ3n) is 5.02. The molecule has 2 atom stereocenters. The Hall–Kier alpha value is -0.210. The van der Waals surface area contributed by atoms with Gasteiger partial charge in [0.1, 0.15) is 0 Å². The Bertz CT molecular complexity index is 442. The van der Waals surface area contributed by atoms with Crippen molar-refractivity contribution in [3.63, 3.8) is 0 Å². The van der Waals surface area contributed by atoms with Crippen LogP contribution in [0.5, 0.6) is 0 Å². The standard InChI is InChI=1S/C13H26N4O2S/c14-9-12-3-1-6-16(10-12)20(18,19)17-8-7-15-5-2-4-13(15)11-17/h12-13H,1-11,14H2. The van der Waals surface area contributed by atoms with Crippen LogP contribution in [-0.2, 0) is 10.2 Å².